The van der Waals surface area contributed by atoms with Gasteiger partial charge in [0.1, 0.15) is 0 Å². The SMILES string of the molecule is CCCCCCCC(C)Oc1ccc(C=C2SC(=S)N(c3cccc(C(=O)O)c3)C2=O)cc1OC. The van der Waals surface area contributed by atoms with Gasteiger partial charge in [-0.25, -0.2) is 4.79 Å². The van der Waals surface area contributed by atoms with E-state index in [4.69, 9.17) is 21.7 Å². The van der Waals surface area contributed by atoms with Crippen LogP contribution in [0.25, 0.3) is 6.08 Å². The third-order valence-corrected chi connectivity index (χ3v) is 6.97. The molecule has 35 heavy (non-hydrogen) atoms. The largest absolute Gasteiger partial charge is 0.493 e. The lowest BCUT2D eigenvalue weighted by Crippen LogP contribution is -2.27. The Hall–Kier alpha value is -2.84. The monoisotopic (exact) mass is 513 g/mol. The van der Waals surface area contributed by atoms with Crippen LogP contribution in [-0.4, -0.2) is 34.5 Å². The van der Waals surface area contributed by atoms with Gasteiger partial charge in [-0.05, 0) is 61.7 Å². The van der Waals surface area contributed by atoms with Gasteiger partial charge in [0.25, 0.3) is 5.91 Å². The Balaban J connectivity index is 1.71. The van der Waals surface area contributed by atoms with Crippen molar-refractivity contribution in [1.82, 2.24) is 0 Å². The number of anilines is 1. The summed E-state index contributed by atoms with van der Waals surface area (Å²) in [6.07, 6.45) is 8.95. The van der Waals surface area contributed by atoms with Crippen molar-refractivity contribution in [3.8, 4) is 11.5 Å². The van der Waals surface area contributed by atoms with Gasteiger partial charge in [0.15, 0.2) is 15.8 Å². The predicted molar refractivity (Wildman–Crippen MR) is 146 cm³/mol. The Morgan fingerprint density at radius 1 is 1.14 bits per heavy atom. The summed E-state index contributed by atoms with van der Waals surface area (Å²) in [5, 5.41) is 9.26. The van der Waals surface area contributed by atoms with Crippen LogP contribution in [0.2, 0.25) is 0 Å². The third-order valence-electron chi connectivity index (χ3n) is 5.67. The van der Waals surface area contributed by atoms with Gasteiger partial charge in [-0.3, -0.25) is 9.69 Å². The fraction of sp³-hybridized carbons (Fsp3) is 0.370. The van der Waals surface area contributed by atoms with Crippen LogP contribution in [0.3, 0.4) is 0 Å². The van der Waals surface area contributed by atoms with E-state index >= 15 is 0 Å². The van der Waals surface area contributed by atoms with Crippen LogP contribution in [-0.2, 0) is 4.79 Å². The van der Waals surface area contributed by atoms with Crippen molar-refractivity contribution in [2.75, 3.05) is 12.0 Å². The standard InChI is InChI=1S/C27H31NO5S2/c1-4-5-6-7-8-10-18(2)33-22-14-13-19(15-23(22)32-3)16-24-25(29)28(27(34)35-24)21-12-9-11-20(17-21)26(30)31/h9,11-18H,4-8,10H2,1-3H3,(H,30,31). The summed E-state index contributed by atoms with van der Waals surface area (Å²) >= 11 is 6.59. The number of unbranched alkanes of at least 4 members (excludes halogenated alkanes) is 4. The fourth-order valence-electron chi connectivity index (χ4n) is 3.80. The van der Waals surface area contributed by atoms with Crippen molar-refractivity contribution in [2.24, 2.45) is 0 Å². The number of hydrogen-bond donors (Lipinski definition) is 1. The molecule has 1 amide bonds. The fourth-order valence-corrected chi connectivity index (χ4v) is 5.10. The predicted octanol–water partition coefficient (Wildman–Crippen LogP) is 6.93. The molecule has 1 aliphatic rings. The number of benzene rings is 2. The van der Waals surface area contributed by atoms with Crippen LogP contribution in [0, 0.1) is 0 Å². The molecule has 0 spiro atoms. The zero-order valence-corrected chi connectivity index (χ0v) is 21.9. The maximum Gasteiger partial charge on any atom is 0.335 e. The number of thioether (sulfide) groups is 1. The van der Waals surface area contributed by atoms with E-state index in [0.29, 0.717) is 26.4 Å². The highest BCUT2D eigenvalue weighted by atomic mass is 32.2. The molecule has 3 rings (SSSR count). The maximum atomic E-state index is 13.1. The molecule has 1 atom stereocenters. The van der Waals surface area contributed by atoms with Gasteiger partial charge >= 0.3 is 5.97 Å². The van der Waals surface area contributed by atoms with E-state index in [1.165, 1.54) is 54.5 Å². The Morgan fingerprint density at radius 2 is 1.91 bits per heavy atom. The molecule has 1 N–H and O–H groups in total. The van der Waals surface area contributed by atoms with Gasteiger partial charge in [-0.1, -0.05) is 68.7 Å². The molecular weight excluding hydrogens is 482 g/mol. The van der Waals surface area contributed by atoms with E-state index in [1.54, 1.807) is 25.3 Å². The van der Waals surface area contributed by atoms with Crippen molar-refractivity contribution in [3.63, 3.8) is 0 Å². The van der Waals surface area contributed by atoms with Crippen LogP contribution in [0.15, 0.2) is 47.4 Å². The molecule has 2 aromatic carbocycles. The number of hydrogen-bond acceptors (Lipinski definition) is 6. The third kappa shape index (κ3) is 7.08. The van der Waals surface area contributed by atoms with E-state index in [0.717, 1.165) is 18.4 Å². The lowest BCUT2D eigenvalue weighted by Gasteiger charge is -2.17. The Kier molecular flexibility index (Phi) is 9.74. The Bertz CT molecular complexity index is 1110. The molecule has 2 aromatic rings. The van der Waals surface area contributed by atoms with Crippen molar-refractivity contribution in [2.45, 2.75) is 58.5 Å². The number of amides is 1. The molecule has 0 radical (unpaired) electrons. The maximum absolute atomic E-state index is 13.1. The van der Waals surface area contributed by atoms with Crippen LogP contribution in [0.1, 0.15) is 68.3 Å². The van der Waals surface area contributed by atoms with Crippen molar-refractivity contribution < 1.29 is 24.2 Å². The average Bonchev–Trinajstić information content (AvgIpc) is 3.12. The molecule has 1 aliphatic heterocycles. The average molecular weight is 514 g/mol. The highest BCUT2D eigenvalue weighted by Crippen LogP contribution is 2.37. The number of ether oxygens (including phenoxy) is 2. The molecule has 0 bridgehead atoms. The minimum absolute atomic E-state index is 0.0780. The minimum Gasteiger partial charge on any atom is -0.493 e. The molecule has 0 saturated carbocycles. The lowest BCUT2D eigenvalue weighted by atomic mass is 10.1. The van der Waals surface area contributed by atoms with Gasteiger partial charge in [-0.15, -0.1) is 0 Å². The van der Waals surface area contributed by atoms with Gasteiger partial charge < -0.3 is 14.6 Å². The Morgan fingerprint density at radius 3 is 2.63 bits per heavy atom. The highest BCUT2D eigenvalue weighted by molar-refractivity contribution is 8.27. The highest BCUT2D eigenvalue weighted by Gasteiger charge is 2.33. The second-order valence-electron chi connectivity index (χ2n) is 8.41. The molecular formula is C27H31NO5S2. The summed E-state index contributed by atoms with van der Waals surface area (Å²) in [6, 6.07) is 11.7. The molecule has 1 heterocycles. The summed E-state index contributed by atoms with van der Waals surface area (Å²) in [5.41, 5.74) is 1.30. The van der Waals surface area contributed by atoms with Crippen molar-refractivity contribution in [1.29, 1.82) is 0 Å². The Labute approximate surface area is 216 Å². The van der Waals surface area contributed by atoms with Crippen LogP contribution in [0.4, 0.5) is 5.69 Å². The molecule has 0 aliphatic carbocycles. The summed E-state index contributed by atoms with van der Waals surface area (Å²) in [4.78, 5) is 26.2. The molecule has 0 aromatic heterocycles. The molecule has 1 saturated heterocycles. The van der Waals surface area contributed by atoms with Crippen LogP contribution >= 0.6 is 24.0 Å². The first-order valence-electron chi connectivity index (χ1n) is 11.8. The quantitative estimate of drug-likeness (QED) is 0.187. The van der Waals surface area contributed by atoms with Gasteiger partial charge in [0, 0.05) is 0 Å². The number of carbonyl (C=O) groups excluding carboxylic acids is 1. The van der Waals surface area contributed by atoms with Gasteiger partial charge in [0.2, 0.25) is 0 Å². The van der Waals surface area contributed by atoms with Crippen molar-refractivity contribution >= 4 is 51.9 Å². The number of carboxylic acids is 1. The summed E-state index contributed by atoms with van der Waals surface area (Å²) in [7, 11) is 1.59. The summed E-state index contributed by atoms with van der Waals surface area (Å²) < 4.78 is 12.0. The molecule has 8 heteroatoms. The van der Waals surface area contributed by atoms with E-state index in [2.05, 4.69) is 13.8 Å². The smallest absolute Gasteiger partial charge is 0.335 e. The minimum atomic E-state index is -1.06. The zero-order chi connectivity index (χ0) is 25.4. The second-order valence-corrected chi connectivity index (χ2v) is 10.1. The molecule has 1 unspecified atom stereocenters. The normalized spacial score (nSPS) is 15.5. The first-order chi connectivity index (χ1) is 16.8. The van der Waals surface area contributed by atoms with E-state index < -0.39 is 5.97 Å². The first kappa shape index (κ1) is 26.8. The van der Waals surface area contributed by atoms with Gasteiger partial charge in [0.05, 0.1) is 29.4 Å². The van der Waals surface area contributed by atoms with Gasteiger partial charge in [-0.2, -0.15) is 0 Å². The topological polar surface area (TPSA) is 76.1 Å². The zero-order valence-electron chi connectivity index (χ0n) is 20.3. The van der Waals surface area contributed by atoms with Crippen LogP contribution < -0.4 is 14.4 Å². The lowest BCUT2D eigenvalue weighted by molar-refractivity contribution is -0.113. The summed E-state index contributed by atoms with van der Waals surface area (Å²) in [5.74, 6) is -0.0865. The molecule has 1 fully saturated rings. The van der Waals surface area contributed by atoms with E-state index in [9.17, 15) is 14.7 Å². The van der Waals surface area contributed by atoms with Crippen molar-refractivity contribution in [3.05, 3.63) is 58.5 Å². The van der Waals surface area contributed by atoms with E-state index in [1.807, 2.05) is 18.2 Å². The number of aromatic carboxylic acids is 1. The number of nitrogens with zero attached hydrogens (tertiary/aromatic N) is 1. The molecule has 186 valence electrons. The number of thiocarbonyl (C=S) groups is 1. The van der Waals surface area contributed by atoms with Crippen LogP contribution in [0.5, 0.6) is 11.5 Å². The number of rotatable bonds is 12. The van der Waals surface area contributed by atoms with E-state index in [-0.39, 0.29) is 17.6 Å². The summed E-state index contributed by atoms with van der Waals surface area (Å²) in [6.45, 7) is 4.28. The number of carboxylic acid groups (broad SMARTS) is 1. The number of carbonyl (C=O) groups is 2. The first-order valence-corrected chi connectivity index (χ1v) is 13.0. The molecule has 6 nitrogen and oxygen atoms in total. The number of methoxy groups -OCH3 is 1. The second kappa shape index (κ2) is 12.7.